The lowest BCUT2D eigenvalue weighted by molar-refractivity contribution is -0.109. The first-order chi connectivity index (χ1) is 11.2. The molecule has 3 rings (SSSR count). The van der Waals surface area contributed by atoms with Gasteiger partial charge in [0.15, 0.2) is 11.6 Å². The zero-order chi connectivity index (χ0) is 17.6. The highest BCUT2D eigenvalue weighted by Gasteiger charge is 2.38. The van der Waals surface area contributed by atoms with Gasteiger partial charge in [0.1, 0.15) is 12.1 Å². The number of carbonyl (C=O) groups is 1. The van der Waals surface area contributed by atoms with E-state index in [1.807, 2.05) is 13.8 Å². The molecule has 1 N–H and O–H groups in total. The van der Waals surface area contributed by atoms with Crippen LogP contribution in [0.4, 0.5) is 13.2 Å². The molecule has 0 saturated heterocycles. The highest BCUT2D eigenvalue weighted by Crippen LogP contribution is 2.43. The lowest BCUT2D eigenvalue weighted by Crippen LogP contribution is -2.22. The van der Waals surface area contributed by atoms with E-state index in [9.17, 15) is 22.8 Å². The number of halogens is 3. The molecule has 1 heterocycles. The van der Waals surface area contributed by atoms with Gasteiger partial charge in [0, 0.05) is 36.5 Å². The standard InChI is InChI=1S/C18H16F3NO2.H2/c1-18(2)7-11(8-23)12-4-10(17(24)22-16(12)18)3-9-5-14(20)15(21)6-13(9)19;/h4-6,8,11H,3,7H2,1-2H3,(H,22,24);1H. The van der Waals surface area contributed by atoms with Gasteiger partial charge in [-0.15, -0.1) is 0 Å². The first-order valence-electron chi connectivity index (χ1n) is 7.58. The van der Waals surface area contributed by atoms with Gasteiger partial charge in [0.25, 0.3) is 5.56 Å². The Bertz CT molecular complexity index is 893. The fraction of sp³-hybridized carbons (Fsp3) is 0.333. The van der Waals surface area contributed by atoms with Crippen LogP contribution in [0.3, 0.4) is 0 Å². The van der Waals surface area contributed by atoms with Gasteiger partial charge in [0.05, 0.1) is 0 Å². The summed E-state index contributed by atoms with van der Waals surface area (Å²) in [5.41, 5.74) is 0.734. The summed E-state index contributed by atoms with van der Waals surface area (Å²) >= 11 is 0. The number of aromatic amines is 1. The van der Waals surface area contributed by atoms with Crippen LogP contribution in [0.1, 0.15) is 50.0 Å². The summed E-state index contributed by atoms with van der Waals surface area (Å²) < 4.78 is 40.2. The van der Waals surface area contributed by atoms with Gasteiger partial charge in [-0.05, 0) is 29.7 Å². The van der Waals surface area contributed by atoms with Crippen molar-refractivity contribution in [3.8, 4) is 0 Å². The maximum Gasteiger partial charge on any atom is 0.251 e. The van der Waals surface area contributed by atoms with Gasteiger partial charge < -0.3 is 9.78 Å². The van der Waals surface area contributed by atoms with Crippen molar-refractivity contribution in [1.29, 1.82) is 0 Å². The molecule has 1 aliphatic carbocycles. The predicted molar refractivity (Wildman–Crippen MR) is 84.7 cm³/mol. The molecular formula is C18H18F3NO2. The largest absolute Gasteiger partial charge is 0.325 e. The van der Waals surface area contributed by atoms with Crippen LogP contribution >= 0.6 is 0 Å². The minimum absolute atomic E-state index is 0. The van der Waals surface area contributed by atoms with E-state index in [0.717, 1.165) is 12.4 Å². The van der Waals surface area contributed by atoms with Crippen LogP contribution in [0, 0.1) is 17.5 Å². The van der Waals surface area contributed by atoms with Crippen LogP contribution < -0.4 is 5.56 Å². The molecule has 128 valence electrons. The Labute approximate surface area is 138 Å². The van der Waals surface area contributed by atoms with E-state index in [4.69, 9.17) is 0 Å². The molecule has 2 aromatic rings. The van der Waals surface area contributed by atoms with Crippen molar-refractivity contribution >= 4 is 6.29 Å². The van der Waals surface area contributed by atoms with Crippen LogP contribution in [-0.2, 0) is 16.6 Å². The van der Waals surface area contributed by atoms with E-state index in [-0.39, 0.29) is 30.3 Å². The Morgan fingerprint density at radius 1 is 1.17 bits per heavy atom. The third kappa shape index (κ3) is 2.66. The molecule has 1 aromatic heterocycles. The molecule has 1 aromatic carbocycles. The molecular weight excluding hydrogens is 319 g/mol. The fourth-order valence-corrected chi connectivity index (χ4v) is 3.36. The number of carbonyl (C=O) groups excluding carboxylic acids is 1. The van der Waals surface area contributed by atoms with Gasteiger partial charge in [-0.25, -0.2) is 13.2 Å². The molecule has 0 aliphatic heterocycles. The Kier molecular flexibility index (Phi) is 3.86. The lowest BCUT2D eigenvalue weighted by Gasteiger charge is -2.18. The zero-order valence-electron chi connectivity index (χ0n) is 13.3. The quantitative estimate of drug-likeness (QED) is 0.687. The Morgan fingerprint density at radius 3 is 2.50 bits per heavy atom. The van der Waals surface area contributed by atoms with Crippen LogP contribution in [0.25, 0.3) is 0 Å². The molecule has 1 aliphatic rings. The Morgan fingerprint density at radius 2 is 1.83 bits per heavy atom. The zero-order valence-corrected chi connectivity index (χ0v) is 13.3. The van der Waals surface area contributed by atoms with Gasteiger partial charge in [0.2, 0.25) is 0 Å². The number of nitrogens with one attached hydrogen (secondary N) is 1. The highest BCUT2D eigenvalue weighted by atomic mass is 19.2. The van der Waals surface area contributed by atoms with Gasteiger partial charge in [-0.3, -0.25) is 4.79 Å². The van der Waals surface area contributed by atoms with Crippen LogP contribution in [0.15, 0.2) is 23.0 Å². The first kappa shape index (κ1) is 16.5. The molecule has 1 atom stereocenters. The van der Waals surface area contributed by atoms with Gasteiger partial charge >= 0.3 is 0 Å². The third-order valence-corrected chi connectivity index (χ3v) is 4.59. The van der Waals surface area contributed by atoms with E-state index in [1.54, 1.807) is 6.07 Å². The molecule has 0 fully saturated rings. The van der Waals surface area contributed by atoms with E-state index in [0.29, 0.717) is 23.7 Å². The average molecular weight is 337 g/mol. The van der Waals surface area contributed by atoms with Crippen molar-refractivity contribution in [3.63, 3.8) is 0 Å². The summed E-state index contributed by atoms with van der Waals surface area (Å²) in [5.74, 6) is -3.71. The predicted octanol–water partition coefficient (Wildman–Crippen LogP) is 3.59. The monoisotopic (exact) mass is 337 g/mol. The second kappa shape index (κ2) is 5.61. The van der Waals surface area contributed by atoms with Crippen LogP contribution in [0.2, 0.25) is 0 Å². The Hall–Kier alpha value is -2.37. The van der Waals surface area contributed by atoms with Crippen molar-refractivity contribution in [2.45, 2.75) is 38.0 Å². The first-order valence-corrected chi connectivity index (χ1v) is 7.58. The van der Waals surface area contributed by atoms with Crippen molar-refractivity contribution in [2.75, 3.05) is 0 Å². The molecule has 0 amide bonds. The van der Waals surface area contributed by atoms with Crippen molar-refractivity contribution in [3.05, 3.63) is 68.4 Å². The van der Waals surface area contributed by atoms with Gasteiger partial charge in [-0.2, -0.15) is 0 Å². The number of hydrogen-bond acceptors (Lipinski definition) is 2. The number of rotatable bonds is 3. The molecule has 3 nitrogen and oxygen atoms in total. The maximum absolute atomic E-state index is 13.8. The second-order valence-corrected chi connectivity index (χ2v) is 6.82. The molecule has 1 unspecified atom stereocenters. The second-order valence-electron chi connectivity index (χ2n) is 6.82. The number of hydrogen-bond donors (Lipinski definition) is 1. The highest BCUT2D eigenvalue weighted by molar-refractivity contribution is 5.66. The number of aldehydes is 1. The SMILES string of the molecule is CC1(C)CC(C=O)c2cc(Cc3cc(F)c(F)cc3F)c(=O)[nH]c21.[HH]. The van der Waals surface area contributed by atoms with E-state index >= 15 is 0 Å². The van der Waals surface area contributed by atoms with Gasteiger partial charge in [-0.1, -0.05) is 13.8 Å². The molecule has 0 saturated carbocycles. The Balaban J connectivity index is 0.00000225. The van der Waals surface area contributed by atoms with E-state index < -0.39 is 23.0 Å². The maximum atomic E-state index is 13.8. The summed E-state index contributed by atoms with van der Waals surface area (Å²) in [6.45, 7) is 3.86. The minimum Gasteiger partial charge on any atom is -0.325 e. The number of fused-ring (bicyclic) bond motifs is 1. The number of aromatic nitrogens is 1. The summed E-state index contributed by atoms with van der Waals surface area (Å²) in [7, 11) is 0. The molecule has 24 heavy (non-hydrogen) atoms. The van der Waals surface area contributed by atoms with Crippen LogP contribution in [-0.4, -0.2) is 11.3 Å². The van der Waals surface area contributed by atoms with E-state index in [1.165, 1.54) is 0 Å². The third-order valence-electron chi connectivity index (χ3n) is 4.59. The van der Waals surface area contributed by atoms with E-state index in [2.05, 4.69) is 4.98 Å². The fourth-order valence-electron chi connectivity index (χ4n) is 3.36. The van der Waals surface area contributed by atoms with Crippen molar-refractivity contribution < 1.29 is 19.4 Å². The number of pyridine rings is 1. The summed E-state index contributed by atoms with van der Waals surface area (Å²) in [5, 5.41) is 0. The number of benzene rings is 1. The summed E-state index contributed by atoms with van der Waals surface area (Å²) in [6, 6.07) is 2.78. The molecule has 0 bridgehead atoms. The lowest BCUT2D eigenvalue weighted by atomic mass is 9.89. The number of H-pyrrole nitrogens is 1. The minimum atomic E-state index is -1.28. The van der Waals surface area contributed by atoms with Crippen molar-refractivity contribution in [1.82, 2.24) is 4.98 Å². The summed E-state index contributed by atoms with van der Waals surface area (Å²) in [4.78, 5) is 26.4. The normalized spacial score (nSPS) is 18.5. The molecule has 6 heteroatoms. The summed E-state index contributed by atoms with van der Waals surface area (Å²) in [6.07, 6.45) is 1.22. The smallest absolute Gasteiger partial charge is 0.251 e. The average Bonchev–Trinajstić information content (AvgIpc) is 2.76. The van der Waals surface area contributed by atoms with Crippen LogP contribution in [0.5, 0.6) is 0 Å². The molecule has 0 spiro atoms. The van der Waals surface area contributed by atoms with Crippen molar-refractivity contribution in [2.24, 2.45) is 0 Å². The molecule has 0 radical (unpaired) electrons. The topological polar surface area (TPSA) is 49.9 Å².